The van der Waals surface area contributed by atoms with Gasteiger partial charge in [0.1, 0.15) is 17.0 Å². The Bertz CT molecular complexity index is 713. The fraction of sp³-hybridized carbons (Fsp3) is 0.438. The molecule has 6 heteroatoms. The Morgan fingerprint density at radius 2 is 1.95 bits per heavy atom. The van der Waals surface area contributed by atoms with Crippen LogP contribution < -0.4 is 5.32 Å². The van der Waals surface area contributed by atoms with Gasteiger partial charge in [-0.3, -0.25) is 14.4 Å². The van der Waals surface area contributed by atoms with Crippen molar-refractivity contribution in [3.8, 4) is 0 Å². The van der Waals surface area contributed by atoms with Gasteiger partial charge in [0, 0.05) is 12.0 Å². The third-order valence-electron chi connectivity index (χ3n) is 5.27. The number of ketones is 2. The Labute approximate surface area is 125 Å². The zero-order valence-corrected chi connectivity index (χ0v) is 12.2. The van der Waals surface area contributed by atoms with E-state index in [0.29, 0.717) is 12.5 Å². The number of nitrogens with one attached hydrogen (secondary N) is 1. The summed E-state index contributed by atoms with van der Waals surface area (Å²) in [6, 6.07) is 2.76. The fourth-order valence-electron chi connectivity index (χ4n) is 3.90. The van der Waals surface area contributed by atoms with Gasteiger partial charge in [0.2, 0.25) is 17.5 Å². The minimum Gasteiger partial charge on any atom is -0.323 e. The van der Waals surface area contributed by atoms with E-state index in [1.54, 1.807) is 13.8 Å². The van der Waals surface area contributed by atoms with E-state index in [1.807, 2.05) is 0 Å². The van der Waals surface area contributed by atoms with E-state index >= 15 is 0 Å². The van der Waals surface area contributed by atoms with Crippen molar-refractivity contribution in [3.63, 3.8) is 0 Å². The van der Waals surface area contributed by atoms with Crippen molar-refractivity contribution >= 4 is 23.2 Å². The first kappa shape index (κ1) is 14.8. The molecule has 2 atom stereocenters. The summed E-state index contributed by atoms with van der Waals surface area (Å²) in [5.41, 5.74) is -2.47. The standard InChI is InChI=1S/C16H15F2NO3/c1-15(2)9-5-6-16(15,13(21)12(9)20)14(22)19-11-4-3-8(17)7-10(11)18/h3-4,7,9H,5-6H2,1-2H3,(H,19,22). The van der Waals surface area contributed by atoms with Gasteiger partial charge < -0.3 is 5.32 Å². The van der Waals surface area contributed by atoms with Crippen LogP contribution in [0.4, 0.5) is 14.5 Å². The monoisotopic (exact) mass is 307 g/mol. The number of benzene rings is 1. The van der Waals surface area contributed by atoms with E-state index in [9.17, 15) is 23.2 Å². The van der Waals surface area contributed by atoms with Gasteiger partial charge >= 0.3 is 0 Å². The van der Waals surface area contributed by atoms with E-state index in [2.05, 4.69) is 5.32 Å². The van der Waals surface area contributed by atoms with Gasteiger partial charge in [-0.2, -0.15) is 0 Å². The molecule has 0 heterocycles. The lowest BCUT2D eigenvalue weighted by molar-refractivity contribution is -0.147. The van der Waals surface area contributed by atoms with Gasteiger partial charge in [0.15, 0.2) is 0 Å². The molecule has 0 radical (unpaired) electrons. The van der Waals surface area contributed by atoms with Crippen molar-refractivity contribution in [2.75, 3.05) is 5.32 Å². The van der Waals surface area contributed by atoms with Crippen LogP contribution in [0.1, 0.15) is 26.7 Å². The molecule has 1 N–H and O–H groups in total. The molecule has 22 heavy (non-hydrogen) atoms. The molecular formula is C16H15F2NO3. The van der Waals surface area contributed by atoms with Crippen LogP contribution in [-0.2, 0) is 14.4 Å². The van der Waals surface area contributed by atoms with Gasteiger partial charge in [0.25, 0.3) is 0 Å². The summed E-state index contributed by atoms with van der Waals surface area (Å²) < 4.78 is 26.6. The molecule has 2 aliphatic carbocycles. The molecule has 0 aliphatic heterocycles. The molecule has 116 valence electrons. The lowest BCUT2D eigenvalue weighted by Gasteiger charge is -2.33. The van der Waals surface area contributed by atoms with Crippen molar-refractivity contribution in [1.82, 2.24) is 0 Å². The molecule has 1 aromatic rings. The summed E-state index contributed by atoms with van der Waals surface area (Å²) in [5, 5.41) is 2.35. The number of rotatable bonds is 2. The lowest BCUT2D eigenvalue weighted by atomic mass is 9.68. The summed E-state index contributed by atoms with van der Waals surface area (Å²) in [5.74, 6) is -4.07. The smallest absolute Gasteiger partial charge is 0.239 e. The molecule has 2 bridgehead atoms. The van der Waals surface area contributed by atoms with E-state index in [4.69, 9.17) is 0 Å². The Morgan fingerprint density at radius 3 is 2.50 bits per heavy atom. The van der Waals surface area contributed by atoms with Gasteiger partial charge in [-0.15, -0.1) is 0 Å². The summed E-state index contributed by atoms with van der Waals surface area (Å²) in [4.78, 5) is 37.0. The van der Waals surface area contributed by atoms with E-state index in [-0.39, 0.29) is 12.1 Å². The molecule has 2 saturated carbocycles. The maximum absolute atomic E-state index is 13.7. The summed E-state index contributed by atoms with van der Waals surface area (Å²) >= 11 is 0. The molecule has 0 spiro atoms. The molecule has 0 aromatic heterocycles. The van der Waals surface area contributed by atoms with E-state index in [0.717, 1.165) is 12.1 Å². The molecule has 2 unspecified atom stereocenters. The SMILES string of the molecule is CC1(C)C2CCC1(C(=O)Nc1ccc(F)cc1F)C(=O)C2=O. The minimum atomic E-state index is -1.46. The Kier molecular flexibility index (Phi) is 2.99. The highest BCUT2D eigenvalue weighted by Crippen LogP contribution is 2.62. The summed E-state index contributed by atoms with van der Waals surface area (Å²) in [6.45, 7) is 3.43. The topological polar surface area (TPSA) is 63.2 Å². The molecule has 2 aliphatic rings. The van der Waals surface area contributed by atoms with Gasteiger partial charge in [-0.05, 0) is 30.4 Å². The zero-order valence-electron chi connectivity index (χ0n) is 12.2. The predicted octanol–water partition coefficient (Wildman–Crippen LogP) is 2.48. The van der Waals surface area contributed by atoms with E-state index in [1.165, 1.54) is 0 Å². The van der Waals surface area contributed by atoms with Crippen LogP contribution >= 0.6 is 0 Å². The number of carbonyl (C=O) groups excluding carboxylic acids is 3. The maximum Gasteiger partial charge on any atom is 0.239 e. The molecular weight excluding hydrogens is 292 g/mol. The van der Waals surface area contributed by atoms with Gasteiger partial charge in [-0.1, -0.05) is 13.8 Å². The highest BCUT2D eigenvalue weighted by molar-refractivity contribution is 6.48. The molecule has 4 nitrogen and oxygen atoms in total. The van der Waals surface area contributed by atoms with Crippen LogP contribution in [-0.4, -0.2) is 17.5 Å². The third-order valence-corrected chi connectivity index (χ3v) is 5.27. The quantitative estimate of drug-likeness (QED) is 0.674. The van der Waals surface area contributed by atoms with Crippen LogP contribution in [0.25, 0.3) is 0 Å². The minimum absolute atomic E-state index is 0.202. The number of anilines is 1. The van der Waals surface area contributed by atoms with Crippen LogP contribution in [0.15, 0.2) is 18.2 Å². The first-order chi connectivity index (χ1) is 10.2. The predicted molar refractivity (Wildman–Crippen MR) is 73.9 cm³/mol. The highest BCUT2D eigenvalue weighted by atomic mass is 19.1. The average Bonchev–Trinajstić information content (AvgIpc) is 2.78. The van der Waals surface area contributed by atoms with Gasteiger partial charge in [-0.25, -0.2) is 8.78 Å². The highest BCUT2D eigenvalue weighted by Gasteiger charge is 2.72. The number of fused-ring (bicyclic) bond motifs is 2. The lowest BCUT2D eigenvalue weighted by Crippen LogP contribution is -2.47. The van der Waals surface area contributed by atoms with Crippen molar-refractivity contribution in [2.24, 2.45) is 16.7 Å². The van der Waals surface area contributed by atoms with Crippen LogP contribution in [0.5, 0.6) is 0 Å². The number of hydrogen-bond acceptors (Lipinski definition) is 3. The second-order valence-corrected chi connectivity index (χ2v) is 6.49. The maximum atomic E-state index is 13.7. The number of halogens is 2. The molecule has 1 aromatic carbocycles. The summed E-state index contributed by atoms with van der Waals surface area (Å²) in [6.07, 6.45) is 0.737. The fourth-order valence-corrected chi connectivity index (χ4v) is 3.90. The zero-order chi connectivity index (χ0) is 16.3. The van der Waals surface area contributed by atoms with E-state index < -0.39 is 45.9 Å². The Hall–Kier alpha value is -2.11. The first-order valence-electron chi connectivity index (χ1n) is 7.07. The van der Waals surface area contributed by atoms with Crippen molar-refractivity contribution in [1.29, 1.82) is 0 Å². The number of carbonyl (C=O) groups is 3. The van der Waals surface area contributed by atoms with Crippen LogP contribution in [0.3, 0.4) is 0 Å². The number of amides is 1. The number of hydrogen-bond donors (Lipinski definition) is 1. The largest absolute Gasteiger partial charge is 0.323 e. The average molecular weight is 307 g/mol. The van der Waals surface area contributed by atoms with Crippen LogP contribution in [0.2, 0.25) is 0 Å². The summed E-state index contributed by atoms with van der Waals surface area (Å²) in [7, 11) is 0. The molecule has 2 fully saturated rings. The van der Waals surface area contributed by atoms with Crippen molar-refractivity contribution < 1.29 is 23.2 Å². The van der Waals surface area contributed by atoms with Crippen molar-refractivity contribution in [3.05, 3.63) is 29.8 Å². The number of Topliss-reactive ketones (excluding diaryl/α,β-unsaturated/α-hetero) is 2. The Morgan fingerprint density at radius 1 is 1.27 bits per heavy atom. The van der Waals surface area contributed by atoms with Gasteiger partial charge in [0.05, 0.1) is 5.69 Å². The molecule has 0 saturated heterocycles. The van der Waals surface area contributed by atoms with Crippen LogP contribution in [0, 0.1) is 28.4 Å². The van der Waals surface area contributed by atoms with Crippen molar-refractivity contribution in [2.45, 2.75) is 26.7 Å². The third kappa shape index (κ3) is 1.63. The first-order valence-corrected chi connectivity index (χ1v) is 7.07. The normalized spacial score (nSPS) is 29.0. The Balaban J connectivity index is 1.98. The second kappa shape index (κ2) is 4.44. The second-order valence-electron chi connectivity index (χ2n) is 6.49. The molecule has 1 amide bonds. The molecule has 3 rings (SSSR count).